The van der Waals surface area contributed by atoms with Crippen LogP contribution in [-0.2, 0) is 17.9 Å². The Bertz CT molecular complexity index is 825. The fourth-order valence-corrected chi connectivity index (χ4v) is 4.76. The van der Waals surface area contributed by atoms with E-state index < -0.39 is 0 Å². The molecular formula is C20H24N4OS. The second kappa shape index (κ2) is 8.01. The van der Waals surface area contributed by atoms with E-state index in [4.69, 9.17) is 0 Å². The maximum atomic E-state index is 12.0. The second-order valence-corrected chi connectivity index (χ2v) is 8.17. The molecule has 6 heteroatoms. The summed E-state index contributed by atoms with van der Waals surface area (Å²) in [6.45, 7) is 4.26. The molecule has 1 aliphatic rings. The molecule has 1 aliphatic heterocycles. The predicted molar refractivity (Wildman–Crippen MR) is 105 cm³/mol. The minimum atomic E-state index is 0.0373. The summed E-state index contributed by atoms with van der Waals surface area (Å²) < 4.78 is 3.02. The summed E-state index contributed by atoms with van der Waals surface area (Å²) in [7, 11) is 0. The molecule has 1 atom stereocenters. The third-order valence-corrected chi connectivity index (χ3v) is 6.01. The molecule has 5 nitrogen and oxygen atoms in total. The molecule has 0 bridgehead atoms. The van der Waals surface area contributed by atoms with Crippen LogP contribution in [0.4, 0.5) is 0 Å². The van der Waals surface area contributed by atoms with E-state index in [-0.39, 0.29) is 5.91 Å². The van der Waals surface area contributed by atoms with Gasteiger partial charge in [0.15, 0.2) is 0 Å². The zero-order valence-electron chi connectivity index (χ0n) is 14.8. The summed E-state index contributed by atoms with van der Waals surface area (Å²) in [5.74, 6) is 0.565. The molecule has 136 valence electrons. The van der Waals surface area contributed by atoms with Crippen LogP contribution in [0.15, 0.2) is 48.8 Å². The molecule has 26 heavy (non-hydrogen) atoms. The van der Waals surface area contributed by atoms with Gasteiger partial charge in [-0.2, -0.15) is 5.10 Å². The molecule has 0 saturated carbocycles. The molecule has 1 amide bonds. The van der Waals surface area contributed by atoms with Crippen LogP contribution < -0.4 is 5.32 Å². The Morgan fingerprint density at radius 3 is 3.08 bits per heavy atom. The monoisotopic (exact) mass is 368 g/mol. The van der Waals surface area contributed by atoms with Gasteiger partial charge in [-0.25, -0.2) is 0 Å². The SMILES string of the molecule is O=C(Cn1cccn1)NCC1CCCN(Cc2cc3ccccc3s2)C1. The quantitative estimate of drug-likeness (QED) is 0.727. The molecule has 2 aromatic heterocycles. The van der Waals surface area contributed by atoms with Crippen LogP contribution >= 0.6 is 11.3 Å². The lowest BCUT2D eigenvalue weighted by Gasteiger charge is -2.32. The van der Waals surface area contributed by atoms with E-state index in [1.54, 1.807) is 10.9 Å². The van der Waals surface area contributed by atoms with Gasteiger partial charge < -0.3 is 5.32 Å². The van der Waals surface area contributed by atoms with Crippen molar-refractivity contribution < 1.29 is 4.79 Å². The highest BCUT2D eigenvalue weighted by molar-refractivity contribution is 7.19. The van der Waals surface area contributed by atoms with Crippen LogP contribution in [0.25, 0.3) is 10.1 Å². The number of carbonyl (C=O) groups is 1. The third kappa shape index (κ3) is 4.31. The molecule has 1 unspecified atom stereocenters. The summed E-state index contributed by atoms with van der Waals surface area (Å²) >= 11 is 1.89. The summed E-state index contributed by atoms with van der Waals surface area (Å²) in [6.07, 6.45) is 5.89. The van der Waals surface area contributed by atoms with E-state index in [0.29, 0.717) is 12.5 Å². The average molecular weight is 369 g/mol. The number of piperidine rings is 1. The van der Waals surface area contributed by atoms with Crippen molar-refractivity contribution in [3.05, 3.63) is 53.7 Å². The van der Waals surface area contributed by atoms with Gasteiger partial charge in [-0.1, -0.05) is 18.2 Å². The molecule has 1 fully saturated rings. The van der Waals surface area contributed by atoms with Crippen LogP contribution in [0.5, 0.6) is 0 Å². The smallest absolute Gasteiger partial charge is 0.241 e. The van der Waals surface area contributed by atoms with Gasteiger partial charge in [-0.3, -0.25) is 14.4 Å². The van der Waals surface area contributed by atoms with Crippen molar-refractivity contribution >= 4 is 27.3 Å². The zero-order valence-corrected chi connectivity index (χ0v) is 15.6. The summed E-state index contributed by atoms with van der Waals surface area (Å²) in [5.41, 5.74) is 0. The van der Waals surface area contributed by atoms with Gasteiger partial charge in [0.1, 0.15) is 6.54 Å². The van der Waals surface area contributed by atoms with Crippen molar-refractivity contribution in [2.24, 2.45) is 5.92 Å². The second-order valence-electron chi connectivity index (χ2n) is 7.00. The van der Waals surface area contributed by atoms with E-state index in [9.17, 15) is 4.79 Å². The predicted octanol–water partition coefficient (Wildman–Crippen LogP) is 3.13. The number of fused-ring (bicyclic) bond motifs is 1. The Balaban J connectivity index is 1.27. The lowest BCUT2D eigenvalue weighted by Crippen LogP contribution is -2.41. The number of amides is 1. The molecule has 0 aliphatic carbocycles. The number of nitrogens with one attached hydrogen (secondary N) is 1. The van der Waals surface area contributed by atoms with Gasteiger partial charge in [0.05, 0.1) is 0 Å². The van der Waals surface area contributed by atoms with Crippen LogP contribution in [-0.4, -0.2) is 40.2 Å². The van der Waals surface area contributed by atoms with E-state index in [0.717, 1.165) is 26.2 Å². The van der Waals surface area contributed by atoms with Crippen molar-refractivity contribution in [1.82, 2.24) is 20.0 Å². The number of carbonyl (C=O) groups excluding carboxylic acids is 1. The number of rotatable bonds is 6. The maximum Gasteiger partial charge on any atom is 0.241 e. The Kier molecular flexibility index (Phi) is 5.32. The van der Waals surface area contributed by atoms with Gasteiger partial charge in [0, 0.05) is 41.6 Å². The number of aromatic nitrogens is 2. The highest BCUT2D eigenvalue weighted by atomic mass is 32.1. The van der Waals surface area contributed by atoms with Gasteiger partial charge in [-0.05, 0) is 48.9 Å². The summed E-state index contributed by atoms with van der Waals surface area (Å²) in [5, 5.41) is 8.49. The molecule has 3 aromatic rings. The summed E-state index contributed by atoms with van der Waals surface area (Å²) in [4.78, 5) is 16.0. The number of hydrogen-bond acceptors (Lipinski definition) is 4. The molecular weight excluding hydrogens is 344 g/mol. The maximum absolute atomic E-state index is 12.0. The molecule has 0 radical (unpaired) electrons. The number of hydrogen-bond donors (Lipinski definition) is 1. The zero-order chi connectivity index (χ0) is 17.8. The van der Waals surface area contributed by atoms with Gasteiger partial charge in [-0.15, -0.1) is 11.3 Å². The Morgan fingerprint density at radius 1 is 1.31 bits per heavy atom. The van der Waals surface area contributed by atoms with Crippen LogP contribution in [0.2, 0.25) is 0 Å². The van der Waals surface area contributed by atoms with Crippen LogP contribution in [0.3, 0.4) is 0 Å². The van der Waals surface area contributed by atoms with Crippen molar-refractivity contribution in [3.63, 3.8) is 0 Å². The number of thiophene rings is 1. The standard InChI is InChI=1S/C20H24N4OS/c25-20(15-24-10-4-8-22-24)21-12-16-5-3-9-23(13-16)14-18-11-17-6-1-2-7-19(17)26-18/h1-2,4,6-8,10-11,16H,3,5,9,12-15H2,(H,21,25). The molecule has 1 saturated heterocycles. The first kappa shape index (κ1) is 17.2. The number of likely N-dealkylation sites (tertiary alicyclic amines) is 1. The number of benzene rings is 1. The fourth-order valence-electron chi connectivity index (χ4n) is 3.65. The van der Waals surface area contributed by atoms with E-state index in [1.165, 1.54) is 27.8 Å². The lowest BCUT2D eigenvalue weighted by molar-refractivity contribution is -0.122. The van der Waals surface area contributed by atoms with Crippen molar-refractivity contribution in [2.75, 3.05) is 19.6 Å². The van der Waals surface area contributed by atoms with Gasteiger partial charge >= 0.3 is 0 Å². The topological polar surface area (TPSA) is 50.2 Å². The largest absolute Gasteiger partial charge is 0.354 e. The van der Waals surface area contributed by atoms with Crippen LogP contribution in [0, 0.1) is 5.92 Å². The van der Waals surface area contributed by atoms with Crippen LogP contribution in [0.1, 0.15) is 17.7 Å². The first-order valence-corrected chi connectivity index (χ1v) is 10.0. The molecule has 3 heterocycles. The van der Waals surface area contributed by atoms with E-state index in [1.807, 2.05) is 23.6 Å². The summed E-state index contributed by atoms with van der Waals surface area (Å²) in [6, 6.07) is 12.7. The fraction of sp³-hybridized carbons (Fsp3) is 0.400. The van der Waals surface area contributed by atoms with Gasteiger partial charge in [0.25, 0.3) is 0 Å². The molecule has 4 rings (SSSR count). The average Bonchev–Trinajstić information content (AvgIpc) is 3.29. The van der Waals surface area contributed by atoms with Crippen molar-refractivity contribution in [3.8, 4) is 0 Å². The minimum absolute atomic E-state index is 0.0373. The number of nitrogens with zero attached hydrogens (tertiary/aromatic N) is 3. The Labute approximate surface area is 157 Å². The minimum Gasteiger partial charge on any atom is -0.354 e. The molecule has 1 aromatic carbocycles. The van der Waals surface area contributed by atoms with Crippen molar-refractivity contribution in [2.45, 2.75) is 25.9 Å². The van der Waals surface area contributed by atoms with Crippen molar-refractivity contribution in [1.29, 1.82) is 0 Å². The Morgan fingerprint density at radius 2 is 2.23 bits per heavy atom. The Hall–Kier alpha value is -2.18. The molecule has 0 spiro atoms. The first-order chi connectivity index (χ1) is 12.8. The lowest BCUT2D eigenvalue weighted by atomic mass is 9.98. The van der Waals surface area contributed by atoms with Gasteiger partial charge in [0.2, 0.25) is 5.91 Å². The highest BCUT2D eigenvalue weighted by Gasteiger charge is 2.21. The van der Waals surface area contributed by atoms with E-state index in [2.05, 4.69) is 45.6 Å². The molecule has 1 N–H and O–H groups in total. The highest BCUT2D eigenvalue weighted by Crippen LogP contribution is 2.27. The third-order valence-electron chi connectivity index (χ3n) is 4.91. The van der Waals surface area contributed by atoms with E-state index >= 15 is 0 Å². The normalized spacial score (nSPS) is 18.2. The first-order valence-electron chi connectivity index (χ1n) is 9.20.